The van der Waals surface area contributed by atoms with E-state index in [1.54, 1.807) is 0 Å². The van der Waals surface area contributed by atoms with E-state index in [9.17, 15) is 4.79 Å². The third-order valence-corrected chi connectivity index (χ3v) is 3.74. The van der Waals surface area contributed by atoms with Crippen molar-refractivity contribution in [2.24, 2.45) is 5.92 Å². The fourth-order valence-corrected chi connectivity index (χ4v) is 2.64. The van der Waals surface area contributed by atoms with Gasteiger partial charge in [0, 0.05) is 40.6 Å². The number of hydrogen-bond donors (Lipinski definition) is 0. The van der Waals surface area contributed by atoms with Crippen LogP contribution in [0.4, 0.5) is 0 Å². The van der Waals surface area contributed by atoms with Crippen molar-refractivity contribution in [3.8, 4) is 0 Å². The van der Waals surface area contributed by atoms with Crippen molar-refractivity contribution in [3.05, 3.63) is 35.4 Å². The van der Waals surface area contributed by atoms with Crippen LogP contribution in [0.1, 0.15) is 64.4 Å². The molecule has 0 aliphatic heterocycles. The summed E-state index contributed by atoms with van der Waals surface area (Å²) in [4.78, 5) is 10.5. The third kappa shape index (κ3) is 6.32. The van der Waals surface area contributed by atoms with Gasteiger partial charge in [0.05, 0.1) is 0 Å². The van der Waals surface area contributed by atoms with Crippen LogP contribution >= 0.6 is 0 Å². The van der Waals surface area contributed by atoms with Crippen LogP contribution in [-0.4, -0.2) is 6.29 Å². The first-order chi connectivity index (χ1) is 8.79. The van der Waals surface area contributed by atoms with Crippen LogP contribution in [0.3, 0.4) is 0 Å². The van der Waals surface area contributed by atoms with Crippen LogP contribution in [0.5, 0.6) is 0 Å². The first kappa shape index (κ1) is 19.0. The standard InChI is InChI=1S/C15H19O.C2H6.Y.H2/c1-12-2-6-14(7-3-12)15-8-4-13(5-9-15)10-11-16;1-2;;/h2,6-7,11,13,15H,4-5,8-10H2,1H3;1-2H3;;1H/q-1;;;. The molecule has 1 saturated carbocycles. The maximum absolute atomic E-state index is 10.5. The molecular weight excluding hydrogens is 309 g/mol. The molecule has 2 heteroatoms. The Kier molecular flexibility index (Phi) is 10.7. The van der Waals surface area contributed by atoms with Gasteiger partial charge in [0.25, 0.3) is 0 Å². The van der Waals surface area contributed by atoms with Crippen LogP contribution in [0.15, 0.2) is 18.2 Å². The number of carbonyl (C=O) groups is 1. The fourth-order valence-electron chi connectivity index (χ4n) is 2.64. The van der Waals surface area contributed by atoms with Gasteiger partial charge in [0.15, 0.2) is 0 Å². The van der Waals surface area contributed by atoms with Gasteiger partial charge in [-0.2, -0.15) is 35.4 Å². The minimum Gasteiger partial charge on any atom is -0.303 e. The van der Waals surface area contributed by atoms with Gasteiger partial charge in [0.2, 0.25) is 0 Å². The smallest absolute Gasteiger partial charge is 0.120 e. The molecule has 0 aromatic heterocycles. The summed E-state index contributed by atoms with van der Waals surface area (Å²) in [5, 5.41) is 0. The van der Waals surface area contributed by atoms with Crippen molar-refractivity contribution in [1.29, 1.82) is 0 Å². The monoisotopic (exact) mass is 336 g/mol. The number of benzene rings is 1. The number of rotatable bonds is 3. The summed E-state index contributed by atoms with van der Waals surface area (Å²) in [6.07, 6.45) is 6.71. The van der Waals surface area contributed by atoms with Crippen molar-refractivity contribution >= 4 is 6.29 Å². The Labute approximate surface area is 144 Å². The van der Waals surface area contributed by atoms with Crippen LogP contribution in [0.25, 0.3) is 0 Å². The molecule has 1 radical (unpaired) electrons. The van der Waals surface area contributed by atoms with Crippen molar-refractivity contribution < 1.29 is 38.9 Å². The second-order valence-electron chi connectivity index (χ2n) is 4.93. The Bertz CT molecular complexity index is 343. The predicted molar refractivity (Wildman–Crippen MR) is 78.9 cm³/mol. The summed E-state index contributed by atoms with van der Waals surface area (Å²) < 4.78 is 0. The van der Waals surface area contributed by atoms with Crippen molar-refractivity contribution in [1.82, 2.24) is 0 Å². The zero-order valence-electron chi connectivity index (χ0n) is 12.5. The number of carbonyl (C=O) groups excluding carboxylic acids is 1. The summed E-state index contributed by atoms with van der Waals surface area (Å²) in [6, 6.07) is 9.79. The summed E-state index contributed by atoms with van der Waals surface area (Å²) in [6.45, 7) is 6.07. The third-order valence-electron chi connectivity index (χ3n) is 3.74. The molecule has 1 nitrogen and oxygen atoms in total. The van der Waals surface area contributed by atoms with Gasteiger partial charge in [-0.15, -0.1) is 0 Å². The Balaban J connectivity index is 0. The molecule has 2 rings (SSSR count). The zero-order chi connectivity index (χ0) is 13.4. The van der Waals surface area contributed by atoms with E-state index in [4.69, 9.17) is 0 Å². The van der Waals surface area contributed by atoms with E-state index >= 15 is 0 Å². The maximum Gasteiger partial charge on any atom is 0.120 e. The average Bonchev–Trinajstić information content (AvgIpc) is 2.43. The van der Waals surface area contributed by atoms with Crippen LogP contribution < -0.4 is 0 Å². The predicted octanol–water partition coefficient (Wildman–Crippen LogP) is 4.93. The molecular formula is C17H27OY-. The molecule has 1 aromatic carbocycles. The molecule has 0 spiro atoms. The maximum atomic E-state index is 10.5. The molecule has 19 heavy (non-hydrogen) atoms. The molecule has 0 saturated heterocycles. The molecule has 1 fully saturated rings. The number of aryl methyl sites for hydroxylation is 1. The minimum absolute atomic E-state index is 0. The van der Waals surface area contributed by atoms with Gasteiger partial charge in [-0.25, -0.2) is 0 Å². The molecule has 0 atom stereocenters. The van der Waals surface area contributed by atoms with E-state index < -0.39 is 0 Å². The molecule has 0 bridgehead atoms. The Morgan fingerprint density at radius 1 is 1.26 bits per heavy atom. The first-order valence-electron chi connectivity index (χ1n) is 7.21. The van der Waals surface area contributed by atoms with Gasteiger partial charge < -0.3 is 4.79 Å². The van der Waals surface area contributed by atoms with E-state index in [0.29, 0.717) is 11.8 Å². The second kappa shape index (κ2) is 10.7. The molecule has 0 heterocycles. The first-order valence-corrected chi connectivity index (χ1v) is 7.21. The van der Waals surface area contributed by atoms with Crippen LogP contribution in [0.2, 0.25) is 0 Å². The van der Waals surface area contributed by atoms with Gasteiger partial charge >= 0.3 is 0 Å². The average molecular weight is 336 g/mol. The van der Waals surface area contributed by atoms with Crippen molar-refractivity contribution in [2.45, 2.75) is 58.8 Å². The molecule has 1 aromatic rings. The quantitative estimate of drug-likeness (QED) is 0.565. The summed E-state index contributed by atoms with van der Waals surface area (Å²) in [5.74, 6) is 1.34. The second-order valence-corrected chi connectivity index (χ2v) is 4.93. The molecule has 105 valence electrons. The Hall–Kier alpha value is -0.00610. The Morgan fingerprint density at radius 2 is 1.89 bits per heavy atom. The zero-order valence-corrected chi connectivity index (χ0v) is 15.3. The van der Waals surface area contributed by atoms with E-state index in [-0.39, 0.29) is 34.1 Å². The number of hydrogen-bond acceptors (Lipinski definition) is 1. The van der Waals surface area contributed by atoms with E-state index in [1.807, 2.05) is 13.8 Å². The van der Waals surface area contributed by atoms with E-state index in [0.717, 1.165) is 12.7 Å². The van der Waals surface area contributed by atoms with E-state index in [2.05, 4.69) is 31.2 Å². The largest absolute Gasteiger partial charge is 0.303 e. The minimum atomic E-state index is 0. The normalized spacial score (nSPS) is 21.6. The SMILES string of the molecule is CC.Cc1[c-]cc(C2CCC(CC=O)CC2)cc1.[HH].[Y]. The molecule has 1 aliphatic rings. The van der Waals surface area contributed by atoms with Gasteiger partial charge in [0.1, 0.15) is 6.29 Å². The van der Waals surface area contributed by atoms with Gasteiger partial charge in [-0.05, 0) is 5.92 Å². The summed E-state index contributed by atoms with van der Waals surface area (Å²) >= 11 is 0. The van der Waals surface area contributed by atoms with Crippen LogP contribution in [0, 0.1) is 18.9 Å². The van der Waals surface area contributed by atoms with Gasteiger partial charge in [-0.1, -0.05) is 52.4 Å². The molecule has 1 aliphatic carbocycles. The Morgan fingerprint density at radius 3 is 2.37 bits per heavy atom. The fraction of sp³-hybridized carbons (Fsp3) is 0.588. The summed E-state index contributed by atoms with van der Waals surface area (Å²) in [5.41, 5.74) is 2.63. The van der Waals surface area contributed by atoms with Crippen LogP contribution in [-0.2, 0) is 37.5 Å². The molecule has 0 amide bonds. The summed E-state index contributed by atoms with van der Waals surface area (Å²) in [7, 11) is 0. The van der Waals surface area contributed by atoms with Crippen molar-refractivity contribution in [2.75, 3.05) is 0 Å². The number of aldehydes is 1. The van der Waals surface area contributed by atoms with Gasteiger partial charge in [-0.3, -0.25) is 0 Å². The molecule has 0 unspecified atom stereocenters. The topological polar surface area (TPSA) is 17.1 Å². The van der Waals surface area contributed by atoms with Crippen molar-refractivity contribution in [3.63, 3.8) is 0 Å². The van der Waals surface area contributed by atoms with E-state index in [1.165, 1.54) is 36.8 Å². The molecule has 0 N–H and O–H groups in total.